The van der Waals surface area contributed by atoms with Crippen LogP contribution >= 0.6 is 23.1 Å². The van der Waals surface area contributed by atoms with E-state index in [4.69, 9.17) is 0 Å². The number of allylic oxidation sites excluding steroid dienone is 6. The topological polar surface area (TPSA) is 7.12 Å². The first-order valence-corrected chi connectivity index (χ1v) is 20.3. The Balaban J connectivity index is 1.10. The van der Waals surface area contributed by atoms with Crippen LogP contribution in [0.2, 0.25) is 0 Å². The zero-order chi connectivity index (χ0) is 33.9. The number of hydrogen-bond donors (Lipinski definition) is 0. The highest BCUT2D eigenvalue weighted by Crippen LogP contribution is 2.49. The molecule has 0 radical (unpaired) electrons. The molecule has 0 amide bonds. The van der Waals surface area contributed by atoms with Crippen molar-refractivity contribution in [2.24, 2.45) is 5.92 Å². The number of aromatic nitrogens is 1. The summed E-state index contributed by atoms with van der Waals surface area (Å²) < 4.78 is 3.96. The quantitative estimate of drug-likeness (QED) is 0.135. The molecule has 252 valence electrons. The van der Waals surface area contributed by atoms with Gasteiger partial charge in [0, 0.05) is 30.0 Å². The van der Waals surface area contributed by atoms with Crippen LogP contribution in [0.3, 0.4) is 0 Å². The zero-order valence-corrected chi connectivity index (χ0v) is 31.0. The summed E-state index contributed by atoms with van der Waals surface area (Å²) in [7, 11) is 0. The molecule has 1 aromatic heterocycles. The Morgan fingerprint density at radius 2 is 1.46 bits per heavy atom. The van der Waals surface area contributed by atoms with Gasteiger partial charge < -0.3 is 4.90 Å². The van der Waals surface area contributed by atoms with Crippen LogP contribution in [0.1, 0.15) is 70.2 Å². The number of rotatable bonds is 10. The smallest absolute Gasteiger partial charge is 0.263 e. The lowest BCUT2D eigenvalue weighted by molar-refractivity contribution is -0.669. The molecule has 3 aliphatic rings. The number of unbranched alkanes of at least 4 members (excludes halogenated alkanes) is 2. The highest BCUT2D eigenvalue weighted by atomic mass is 32.2. The Labute approximate surface area is 306 Å². The number of anilines is 1. The SMILES string of the molecule is CCCCN1/C(=C/C2=CC3=C/C(=C/c4sc5ccc(-c6ccccc6)cc5[n+]4CCCC)CCC3CC2)Sc2ccc(-c3ccccc3)cc21. The van der Waals surface area contributed by atoms with Crippen molar-refractivity contribution in [1.29, 1.82) is 0 Å². The van der Waals surface area contributed by atoms with E-state index in [0.717, 1.165) is 25.9 Å². The van der Waals surface area contributed by atoms with Crippen LogP contribution in [-0.4, -0.2) is 6.54 Å². The first-order valence-electron chi connectivity index (χ1n) is 18.7. The lowest BCUT2D eigenvalue weighted by atomic mass is 9.77. The van der Waals surface area contributed by atoms with Gasteiger partial charge in [0.2, 0.25) is 5.52 Å². The first-order chi connectivity index (χ1) is 24.7. The highest BCUT2D eigenvalue weighted by Gasteiger charge is 2.28. The molecule has 0 bridgehead atoms. The largest absolute Gasteiger partial charge is 0.335 e. The maximum atomic E-state index is 2.59. The van der Waals surface area contributed by atoms with E-state index in [1.807, 2.05) is 23.1 Å². The Bertz CT molecular complexity index is 2120. The summed E-state index contributed by atoms with van der Waals surface area (Å²) in [5.41, 5.74) is 12.4. The molecule has 4 heteroatoms. The molecule has 8 rings (SSSR count). The molecule has 0 saturated carbocycles. The normalized spacial score (nSPS) is 18.8. The van der Waals surface area contributed by atoms with E-state index in [1.54, 1.807) is 0 Å². The highest BCUT2D eigenvalue weighted by molar-refractivity contribution is 8.03. The van der Waals surface area contributed by atoms with E-state index in [-0.39, 0.29) is 0 Å². The van der Waals surface area contributed by atoms with Crippen molar-refractivity contribution < 1.29 is 4.57 Å². The van der Waals surface area contributed by atoms with Gasteiger partial charge in [-0.3, -0.25) is 0 Å². The molecule has 1 atom stereocenters. The maximum Gasteiger partial charge on any atom is 0.263 e. The third-order valence-corrected chi connectivity index (χ3v) is 12.7. The minimum Gasteiger partial charge on any atom is -0.335 e. The van der Waals surface area contributed by atoms with E-state index in [0.29, 0.717) is 5.92 Å². The van der Waals surface area contributed by atoms with E-state index in [2.05, 4.69) is 145 Å². The molecule has 2 heterocycles. The second kappa shape index (κ2) is 15.0. The molecule has 0 saturated heterocycles. The van der Waals surface area contributed by atoms with E-state index in [1.165, 1.54) is 108 Å². The van der Waals surface area contributed by atoms with Gasteiger partial charge in [0.15, 0.2) is 6.54 Å². The predicted molar refractivity (Wildman–Crippen MR) is 217 cm³/mol. The van der Waals surface area contributed by atoms with Gasteiger partial charge in [-0.1, -0.05) is 135 Å². The van der Waals surface area contributed by atoms with Gasteiger partial charge in [-0.25, -0.2) is 0 Å². The number of thioether (sulfide) groups is 1. The zero-order valence-electron chi connectivity index (χ0n) is 29.4. The van der Waals surface area contributed by atoms with Crippen molar-refractivity contribution >= 4 is 45.1 Å². The number of fused-ring (bicyclic) bond motifs is 3. The fourth-order valence-electron chi connectivity index (χ4n) is 7.69. The van der Waals surface area contributed by atoms with Gasteiger partial charge in [-0.15, -0.1) is 0 Å². The number of aryl methyl sites for hydroxylation is 1. The lowest BCUT2D eigenvalue weighted by Crippen LogP contribution is -2.35. The lowest BCUT2D eigenvalue weighted by Gasteiger charge is -2.29. The number of hydrogen-bond acceptors (Lipinski definition) is 3. The van der Waals surface area contributed by atoms with Gasteiger partial charge in [0.25, 0.3) is 5.01 Å². The molecule has 0 N–H and O–H groups in total. The fourth-order valence-corrected chi connectivity index (χ4v) is 9.98. The van der Waals surface area contributed by atoms with Gasteiger partial charge in [0.1, 0.15) is 4.70 Å². The molecule has 1 unspecified atom stereocenters. The Hall–Kier alpha value is -4.12. The molecule has 4 aromatic carbocycles. The van der Waals surface area contributed by atoms with Crippen molar-refractivity contribution in [3.63, 3.8) is 0 Å². The number of benzene rings is 4. The van der Waals surface area contributed by atoms with Crippen LogP contribution in [0.4, 0.5) is 5.69 Å². The third-order valence-electron chi connectivity index (χ3n) is 10.5. The second-order valence-electron chi connectivity index (χ2n) is 14.0. The Morgan fingerprint density at radius 3 is 2.22 bits per heavy atom. The van der Waals surface area contributed by atoms with Gasteiger partial charge in [0.05, 0.1) is 10.7 Å². The van der Waals surface area contributed by atoms with Crippen molar-refractivity contribution in [3.8, 4) is 22.3 Å². The van der Waals surface area contributed by atoms with E-state index < -0.39 is 0 Å². The first kappa shape index (κ1) is 33.0. The third kappa shape index (κ3) is 6.93. The van der Waals surface area contributed by atoms with Crippen LogP contribution in [-0.2, 0) is 6.54 Å². The summed E-state index contributed by atoms with van der Waals surface area (Å²) >= 11 is 3.89. The molecule has 0 fully saturated rings. The van der Waals surface area contributed by atoms with Crippen molar-refractivity contribution in [1.82, 2.24) is 0 Å². The Kier molecular flexibility index (Phi) is 9.92. The molecule has 2 nitrogen and oxygen atoms in total. The molecule has 1 aliphatic heterocycles. The molecule has 0 spiro atoms. The van der Waals surface area contributed by atoms with Gasteiger partial charge in [-0.2, -0.15) is 4.57 Å². The Morgan fingerprint density at radius 1 is 0.740 bits per heavy atom. The van der Waals surface area contributed by atoms with Gasteiger partial charge in [-0.05, 0) is 101 Å². The standard InChI is InChI=1S/C46H47N2S2/c1-3-5-25-47-41-31-38(35-13-9-7-10-14-35)21-23-43(41)49-45(47)29-33-17-19-37-20-18-34(28-40(37)27-33)30-46-48(26-6-4-2)42-32-39(22-24-44(42)50-46)36-15-11-8-12-16-36/h7-16,21-24,27-32,37H,3-6,17-20,25-26H2,1-2H3/q+1. The van der Waals surface area contributed by atoms with Crippen LogP contribution in [0.25, 0.3) is 38.5 Å². The maximum absolute atomic E-state index is 2.59. The minimum absolute atomic E-state index is 0.676. The molecular weight excluding hydrogens is 645 g/mol. The number of nitrogens with zero attached hydrogens (tertiary/aromatic N) is 2. The molecular formula is C46H47N2S2+. The summed E-state index contributed by atoms with van der Waals surface area (Å²) in [6.45, 7) is 6.72. The monoisotopic (exact) mass is 691 g/mol. The van der Waals surface area contributed by atoms with Crippen LogP contribution in [0.15, 0.2) is 142 Å². The molecule has 5 aromatic rings. The fraction of sp³-hybridized carbons (Fsp3) is 0.283. The summed E-state index contributed by atoms with van der Waals surface area (Å²) in [5.74, 6) is 0.676. The second-order valence-corrected chi connectivity index (χ2v) is 16.1. The minimum atomic E-state index is 0.676. The average molecular weight is 692 g/mol. The summed E-state index contributed by atoms with van der Waals surface area (Å²) in [6.07, 6.45) is 19.7. The summed E-state index contributed by atoms with van der Waals surface area (Å²) in [4.78, 5) is 3.96. The van der Waals surface area contributed by atoms with E-state index >= 15 is 0 Å². The molecule has 2 aliphatic carbocycles. The van der Waals surface area contributed by atoms with Gasteiger partial charge >= 0.3 is 0 Å². The average Bonchev–Trinajstić information content (AvgIpc) is 3.68. The summed E-state index contributed by atoms with van der Waals surface area (Å²) in [6, 6.07) is 35.6. The van der Waals surface area contributed by atoms with Crippen molar-refractivity contribution in [2.45, 2.75) is 76.7 Å². The van der Waals surface area contributed by atoms with Crippen molar-refractivity contribution in [2.75, 3.05) is 11.4 Å². The summed E-state index contributed by atoms with van der Waals surface area (Å²) in [5, 5.41) is 2.76. The number of thiazole rings is 1. The van der Waals surface area contributed by atoms with E-state index in [9.17, 15) is 0 Å². The van der Waals surface area contributed by atoms with Crippen LogP contribution in [0, 0.1) is 5.92 Å². The molecule has 50 heavy (non-hydrogen) atoms. The van der Waals surface area contributed by atoms with Crippen LogP contribution in [0.5, 0.6) is 0 Å². The van der Waals surface area contributed by atoms with Crippen molar-refractivity contribution in [3.05, 3.63) is 142 Å². The predicted octanol–water partition coefficient (Wildman–Crippen LogP) is 13.0. The van der Waals surface area contributed by atoms with Crippen LogP contribution < -0.4 is 9.47 Å².